The number of carbonyl (C=O) groups excluding carboxylic acids is 1. The van der Waals surface area contributed by atoms with Gasteiger partial charge >= 0.3 is 0 Å². The van der Waals surface area contributed by atoms with Crippen LogP contribution in [0.15, 0.2) is 48.5 Å². The second-order valence-electron chi connectivity index (χ2n) is 9.16. The molecule has 0 spiro atoms. The Morgan fingerprint density at radius 1 is 1.10 bits per heavy atom. The van der Waals surface area contributed by atoms with Gasteiger partial charge in [-0.25, -0.2) is 4.39 Å². The van der Waals surface area contributed by atoms with Crippen molar-refractivity contribution in [3.8, 4) is 0 Å². The molecule has 0 aromatic heterocycles. The van der Waals surface area contributed by atoms with E-state index >= 15 is 0 Å². The van der Waals surface area contributed by atoms with E-state index in [0.717, 1.165) is 56.6 Å². The van der Waals surface area contributed by atoms with Gasteiger partial charge in [-0.2, -0.15) is 0 Å². The first-order valence-electron chi connectivity index (χ1n) is 11.3. The molecule has 0 radical (unpaired) electrons. The third kappa shape index (κ3) is 6.62. The van der Waals surface area contributed by atoms with E-state index in [-0.39, 0.29) is 17.8 Å². The number of rotatable bonds is 8. The van der Waals surface area contributed by atoms with Gasteiger partial charge in [0.2, 0.25) is 5.91 Å². The quantitative estimate of drug-likeness (QED) is 0.636. The lowest BCUT2D eigenvalue weighted by Gasteiger charge is -2.35. The number of halogens is 1. The molecule has 2 aromatic carbocycles. The summed E-state index contributed by atoms with van der Waals surface area (Å²) in [7, 11) is 5.87. The summed E-state index contributed by atoms with van der Waals surface area (Å²) in [6.07, 6.45) is 3.07. The number of aryl methyl sites for hydroxylation is 1. The number of likely N-dealkylation sites (N-methyl/N-ethyl adjacent to an activating group) is 2. The molecule has 0 bridgehead atoms. The van der Waals surface area contributed by atoms with Crippen molar-refractivity contribution in [1.82, 2.24) is 14.7 Å². The smallest absolute Gasteiger partial charge is 0.244 e. The lowest BCUT2D eigenvalue weighted by molar-refractivity contribution is -0.135. The van der Waals surface area contributed by atoms with Crippen LogP contribution >= 0.6 is 0 Å². The van der Waals surface area contributed by atoms with Gasteiger partial charge in [-0.15, -0.1) is 0 Å². The number of piperidine rings is 1. The van der Waals surface area contributed by atoms with Crippen LogP contribution in [0.5, 0.6) is 0 Å². The number of hydrogen-bond acceptors (Lipinski definition) is 3. The molecule has 1 aliphatic heterocycles. The van der Waals surface area contributed by atoms with Gasteiger partial charge in [-0.3, -0.25) is 9.69 Å². The molecule has 3 rings (SSSR count). The van der Waals surface area contributed by atoms with Gasteiger partial charge in [0, 0.05) is 20.1 Å². The average Bonchev–Trinajstić information content (AvgIpc) is 2.74. The van der Waals surface area contributed by atoms with Crippen LogP contribution in [0.1, 0.15) is 35.6 Å². The zero-order valence-electron chi connectivity index (χ0n) is 19.4. The zero-order chi connectivity index (χ0) is 22.4. The SMILES string of the molecule is Cc1ccc(C(C(=O)N(C)CC2CCN(CCc3cccc(F)c3)CC2)N(C)C)cc1. The Balaban J connectivity index is 1.48. The van der Waals surface area contributed by atoms with Gasteiger partial charge in [0.25, 0.3) is 0 Å². The highest BCUT2D eigenvalue weighted by Crippen LogP contribution is 2.24. The predicted molar refractivity (Wildman–Crippen MR) is 125 cm³/mol. The van der Waals surface area contributed by atoms with E-state index in [1.165, 1.54) is 11.6 Å². The van der Waals surface area contributed by atoms with Crippen LogP contribution in [-0.4, -0.2) is 67.9 Å². The molecule has 1 atom stereocenters. The minimum Gasteiger partial charge on any atom is -0.344 e. The first kappa shape index (κ1) is 23.4. The standard InChI is InChI=1S/C26H36FN3O/c1-20-8-10-23(11-9-20)25(28(2)3)26(31)29(4)19-22-13-16-30(17-14-22)15-12-21-6-5-7-24(27)18-21/h5-11,18,22,25H,12-17,19H2,1-4H3. The largest absolute Gasteiger partial charge is 0.344 e. The predicted octanol–water partition coefficient (Wildman–Crippen LogP) is 4.15. The maximum Gasteiger partial charge on any atom is 0.244 e. The highest BCUT2D eigenvalue weighted by atomic mass is 19.1. The fourth-order valence-corrected chi connectivity index (χ4v) is 4.47. The Bertz CT molecular complexity index is 844. The summed E-state index contributed by atoms with van der Waals surface area (Å²) in [5.41, 5.74) is 3.30. The summed E-state index contributed by atoms with van der Waals surface area (Å²) in [6.45, 7) is 5.90. The van der Waals surface area contributed by atoms with Crippen molar-refractivity contribution in [2.24, 2.45) is 5.92 Å². The van der Waals surface area contributed by atoms with Crippen LogP contribution in [0.2, 0.25) is 0 Å². The summed E-state index contributed by atoms with van der Waals surface area (Å²) >= 11 is 0. The fraction of sp³-hybridized carbons (Fsp3) is 0.500. The summed E-state index contributed by atoms with van der Waals surface area (Å²) in [4.78, 5) is 19.6. The van der Waals surface area contributed by atoms with Crippen molar-refractivity contribution in [3.63, 3.8) is 0 Å². The normalized spacial score (nSPS) is 16.5. The van der Waals surface area contributed by atoms with Gasteiger partial charge in [-0.1, -0.05) is 42.0 Å². The first-order chi connectivity index (χ1) is 14.8. The van der Waals surface area contributed by atoms with Crippen molar-refractivity contribution in [3.05, 3.63) is 71.0 Å². The van der Waals surface area contributed by atoms with Crippen molar-refractivity contribution in [1.29, 1.82) is 0 Å². The van der Waals surface area contributed by atoms with Gasteiger partial charge in [0.15, 0.2) is 0 Å². The van der Waals surface area contributed by atoms with Crippen LogP contribution in [0.25, 0.3) is 0 Å². The van der Waals surface area contributed by atoms with Crippen molar-refractivity contribution in [2.75, 3.05) is 47.3 Å². The molecule has 0 saturated carbocycles. The Kier molecular flexibility index (Phi) is 8.22. The fourth-order valence-electron chi connectivity index (χ4n) is 4.47. The van der Waals surface area contributed by atoms with Crippen LogP contribution in [0.3, 0.4) is 0 Å². The molecule has 5 heteroatoms. The second kappa shape index (κ2) is 10.9. The van der Waals surface area contributed by atoms with Crippen LogP contribution < -0.4 is 0 Å². The minimum absolute atomic E-state index is 0.155. The van der Waals surface area contributed by atoms with E-state index in [0.29, 0.717) is 5.92 Å². The number of hydrogen-bond donors (Lipinski definition) is 0. The maximum absolute atomic E-state index is 13.4. The Morgan fingerprint density at radius 3 is 2.39 bits per heavy atom. The summed E-state index contributed by atoms with van der Waals surface area (Å²) in [5, 5.41) is 0. The van der Waals surface area contributed by atoms with E-state index < -0.39 is 0 Å². The van der Waals surface area contributed by atoms with Gasteiger partial charge < -0.3 is 9.80 Å². The highest BCUT2D eigenvalue weighted by Gasteiger charge is 2.28. The van der Waals surface area contributed by atoms with Crippen LogP contribution in [0, 0.1) is 18.7 Å². The average molecular weight is 426 g/mol. The number of carbonyl (C=O) groups is 1. The first-order valence-corrected chi connectivity index (χ1v) is 11.3. The van der Waals surface area contributed by atoms with Gasteiger partial charge in [0.1, 0.15) is 11.9 Å². The van der Waals surface area contributed by atoms with Crippen LogP contribution in [-0.2, 0) is 11.2 Å². The molecule has 168 valence electrons. The molecule has 1 saturated heterocycles. The molecule has 2 aromatic rings. The molecular weight excluding hydrogens is 389 g/mol. The third-order valence-corrected chi connectivity index (χ3v) is 6.36. The molecule has 1 aliphatic rings. The van der Waals surface area contributed by atoms with Gasteiger partial charge in [-0.05, 0) is 82.5 Å². The molecule has 4 nitrogen and oxygen atoms in total. The number of nitrogens with zero attached hydrogens (tertiary/aromatic N) is 3. The lowest BCUT2D eigenvalue weighted by atomic mass is 9.95. The highest BCUT2D eigenvalue weighted by molar-refractivity contribution is 5.83. The van der Waals surface area contributed by atoms with Crippen molar-refractivity contribution >= 4 is 5.91 Å². The second-order valence-corrected chi connectivity index (χ2v) is 9.16. The molecule has 1 amide bonds. The molecule has 0 N–H and O–H groups in total. The molecule has 1 heterocycles. The number of amides is 1. The van der Waals surface area contributed by atoms with E-state index in [4.69, 9.17) is 0 Å². The Labute approximate surface area is 186 Å². The molecule has 1 fully saturated rings. The van der Waals surface area contributed by atoms with Crippen molar-refractivity contribution in [2.45, 2.75) is 32.2 Å². The van der Waals surface area contributed by atoms with Crippen molar-refractivity contribution < 1.29 is 9.18 Å². The lowest BCUT2D eigenvalue weighted by Crippen LogP contribution is -2.43. The van der Waals surface area contributed by atoms with E-state index in [1.807, 2.05) is 37.0 Å². The van der Waals surface area contributed by atoms with E-state index in [2.05, 4.69) is 36.1 Å². The van der Waals surface area contributed by atoms with E-state index in [9.17, 15) is 9.18 Å². The number of likely N-dealkylation sites (tertiary alicyclic amines) is 1. The Hall–Kier alpha value is -2.24. The number of benzene rings is 2. The molecular formula is C26H36FN3O. The maximum atomic E-state index is 13.4. The summed E-state index contributed by atoms with van der Waals surface area (Å²) in [6, 6.07) is 14.9. The molecule has 1 unspecified atom stereocenters. The third-order valence-electron chi connectivity index (χ3n) is 6.36. The summed E-state index contributed by atoms with van der Waals surface area (Å²) < 4.78 is 13.4. The van der Waals surface area contributed by atoms with E-state index in [1.54, 1.807) is 12.1 Å². The summed E-state index contributed by atoms with van der Waals surface area (Å²) in [5.74, 6) is 0.521. The monoisotopic (exact) mass is 425 g/mol. The minimum atomic E-state index is -0.253. The molecule has 31 heavy (non-hydrogen) atoms. The topological polar surface area (TPSA) is 26.8 Å². The Morgan fingerprint density at radius 2 is 1.77 bits per heavy atom. The van der Waals surface area contributed by atoms with Crippen LogP contribution in [0.4, 0.5) is 4.39 Å². The van der Waals surface area contributed by atoms with Gasteiger partial charge in [0.05, 0.1) is 0 Å². The molecule has 0 aliphatic carbocycles. The zero-order valence-corrected chi connectivity index (χ0v) is 19.4.